The number of nitrogens with one attached hydrogen (secondary N) is 1. The number of ether oxygens (including phenoxy) is 2. The monoisotopic (exact) mass is 592 g/mol. The van der Waals surface area contributed by atoms with Crippen LogP contribution in [0.25, 0.3) is 11.3 Å². The van der Waals surface area contributed by atoms with E-state index in [1.54, 1.807) is 6.92 Å². The highest BCUT2D eigenvalue weighted by molar-refractivity contribution is 7.89. The summed E-state index contributed by atoms with van der Waals surface area (Å²) in [7, 11) is -3.77. The highest BCUT2D eigenvalue weighted by Crippen LogP contribution is 2.28. The van der Waals surface area contributed by atoms with Crippen molar-refractivity contribution in [1.29, 1.82) is 0 Å². The van der Waals surface area contributed by atoms with Gasteiger partial charge in [-0.3, -0.25) is 10.1 Å². The number of carbonyl (C=O) groups is 2. The van der Waals surface area contributed by atoms with Crippen molar-refractivity contribution < 1.29 is 27.5 Å². The first kappa shape index (κ1) is 28.3. The summed E-state index contributed by atoms with van der Waals surface area (Å²) in [5.41, 5.74) is 1.89. The third kappa shape index (κ3) is 6.73. The number of para-hydroxylation sites is 1. The minimum absolute atomic E-state index is 0.0786. The molecule has 0 radical (unpaired) electrons. The van der Waals surface area contributed by atoms with Crippen molar-refractivity contribution in [2.75, 3.05) is 38.1 Å². The van der Waals surface area contributed by atoms with E-state index in [4.69, 9.17) is 9.47 Å². The molecule has 0 saturated carbocycles. The molecule has 0 spiro atoms. The summed E-state index contributed by atoms with van der Waals surface area (Å²) in [6, 6.07) is 22.8. The van der Waals surface area contributed by atoms with Gasteiger partial charge >= 0.3 is 6.09 Å². The van der Waals surface area contributed by atoms with Gasteiger partial charge in [-0.05, 0) is 67.6 Å². The predicted octanol–water partition coefficient (Wildman–Crippen LogP) is 5.32. The average Bonchev–Trinajstić information content (AvgIpc) is 3.46. The van der Waals surface area contributed by atoms with Crippen LogP contribution in [0.1, 0.15) is 17.3 Å². The van der Waals surface area contributed by atoms with Crippen molar-refractivity contribution >= 4 is 38.5 Å². The highest BCUT2D eigenvalue weighted by atomic mass is 32.2. The Labute approximate surface area is 242 Å². The zero-order valence-electron chi connectivity index (χ0n) is 22.2. The highest BCUT2D eigenvalue weighted by Gasteiger charge is 2.30. The number of anilines is 1. The molecule has 5 rings (SSSR count). The number of sulfonamides is 1. The van der Waals surface area contributed by atoms with E-state index in [1.807, 2.05) is 60.0 Å². The Morgan fingerprint density at radius 1 is 0.902 bits per heavy atom. The van der Waals surface area contributed by atoms with Gasteiger partial charge in [0.05, 0.1) is 17.2 Å². The molecular weight excluding hydrogens is 564 g/mol. The third-order valence-electron chi connectivity index (χ3n) is 6.37. The second-order valence-electron chi connectivity index (χ2n) is 9.05. The second kappa shape index (κ2) is 12.5. The topological polar surface area (TPSA) is 118 Å². The lowest BCUT2D eigenvalue weighted by atomic mass is 10.2. The van der Waals surface area contributed by atoms with Crippen LogP contribution in [-0.2, 0) is 14.8 Å². The Morgan fingerprint density at radius 2 is 1.56 bits per heavy atom. The quantitative estimate of drug-likeness (QED) is 0.294. The Kier molecular flexibility index (Phi) is 8.62. The lowest BCUT2D eigenvalue weighted by molar-refractivity contribution is 0.0933. The summed E-state index contributed by atoms with van der Waals surface area (Å²) in [6.07, 6.45) is -0.446. The number of thiazole rings is 1. The number of carbonyl (C=O) groups excluding carboxylic acids is 2. The normalized spacial score (nSPS) is 13.9. The number of hydrogen-bond donors (Lipinski definition) is 1. The molecule has 0 unspecified atom stereocenters. The van der Waals surface area contributed by atoms with Gasteiger partial charge < -0.3 is 14.4 Å². The lowest BCUT2D eigenvalue weighted by Crippen LogP contribution is -2.50. The van der Waals surface area contributed by atoms with Crippen molar-refractivity contribution in [2.24, 2.45) is 0 Å². The second-order valence-corrected chi connectivity index (χ2v) is 11.8. The molecule has 10 nitrogen and oxygen atoms in total. The summed E-state index contributed by atoms with van der Waals surface area (Å²) in [4.78, 5) is 30.8. The fourth-order valence-corrected chi connectivity index (χ4v) is 6.34. The molecule has 1 aliphatic rings. The zero-order valence-corrected chi connectivity index (χ0v) is 23.9. The van der Waals surface area contributed by atoms with Gasteiger partial charge in [-0.2, -0.15) is 4.31 Å². The smallest absolute Gasteiger partial charge is 0.409 e. The minimum Gasteiger partial charge on any atom is -0.457 e. The van der Waals surface area contributed by atoms with E-state index in [0.717, 1.165) is 11.3 Å². The van der Waals surface area contributed by atoms with Gasteiger partial charge in [0.2, 0.25) is 10.0 Å². The minimum atomic E-state index is -3.77. The van der Waals surface area contributed by atoms with Crippen LogP contribution in [0.3, 0.4) is 0 Å². The molecule has 41 heavy (non-hydrogen) atoms. The number of benzene rings is 3. The zero-order chi connectivity index (χ0) is 28.8. The van der Waals surface area contributed by atoms with Crippen molar-refractivity contribution in [2.45, 2.75) is 11.8 Å². The Hall–Kier alpha value is -4.26. The fourth-order valence-electron chi connectivity index (χ4n) is 4.20. The van der Waals surface area contributed by atoms with E-state index in [9.17, 15) is 18.0 Å². The standard InChI is InChI=1S/C29H28N4O6S2/c1-2-38-29(35)32-16-18-33(19-17-32)41(36,37)25-14-10-22(11-15-25)27(34)31-28-30-26(20-40-28)21-8-12-24(13-9-21)39-23-6-4-3-5-7-23/h3-15,20H,2,16-19H2,1H3,(H,30,31,34). The Balaban J connectivity index is 1.18. The van der Waals surface area contributed by atoms with Crippen LogP contribution in [0, 0.1) is 0 Å². The van der Waals surface area contributed by atoms with Crippen LogP contribution < -0.4 is 10.1 Å². The number of piperazine rings is 1. The van der Waals surface area contributed by atoms with Crippen LogP contribution in [0.15, 0.2) is 89.1 Å². The molecule has 1 aliphatic heterocycles. The molecule has 1 aromatic heterocycles. The maximum atomic E-state index is 13.1. The Bertz CT molecular complexity index is 1600. The molecule has 0 bridgehead atoms. The van der Waals surface area contributed by atoms with Crippen molar-refractivity contribution in [3.05, 3.63) is 89.8 Å². The molecule has 4 aromatic rings. The number of aromatic nitrogens is 1. The summed E-state index contributed by atoms with van der Waals surface area (Å²) in [6.45, 7) is 2.82. The van der Waals surface area contributed by atoms with E-state index in [1.165, 1.54) is 44.8 Å². The number of amides is 2. The van der Waals surface area contributed by atoms with Gasteiger partial charge in [0.15, 0.2) is 5.13 Å². The number of rotatable bonds is 8. The molecule has 212 valence electrons. The SMILES string of the molecule is CCOC(=O)N1CCN(S(=O)(=O)c2ccc(C(=O)Nc3nc(-c4ccc(Oc5ccccc5)cc4)cs3)cc2)CC1. The summed E-state index contributed by atoms with van der Waals surface area (Å²) >= 11 is 1.29. The molecule has 0 aliphatic carbocycles. The molecule has 2 heterocycles. The first-order valence-electron chi connectivity index (χ1n) is 13.0. The van der Waals surface area contributed by atoms with E-state index in [-0.39, 0.29) is 37.7 Å². The van der Waals surface area contributed by atoms with Gasteiger partial charge in [0.25, 0.3) is 5.91 Å². The lowest BCUT2D eigenvalue weighted by Gasteiger charge is -2.33. The fraction of sp³-hybridized carbons (Fsp3) is 0.207. The van der Waals surface area contributed by atoms with Gasteiger partial charge in [-0.1, -0.05) is 18.2 Å². The molecule has 1 N–H and O–H groups in total. The third-order valence-corrected chi connectivity index (χ3v) is 9.04. The molecule has 0 atom stereocenters. The molecule has 3 aromatic carbocycles. The average molecular weight is 593 g/mol. The van der Waals surface area contributed by atoms with Gasteiger partial charge in [0, 0.05) is 42.7 Å². The van der Waals surface area contributed by atoms with Crippen LogP contribution in [-0.4, -0.2) is 67.4 Å². The van der Waals surface area contributed by atoms with Crippen molar-refractivity contribution in [1.82, 2.24) is 14.2 Å². The van der Waals surface area contributed by atoms with Crippen LogP contribution in [0.4, 0.5) is 9.93 Å². The summed E-state index contributed by atoms with van der Waals surface area (Å²) in [5, 5.41) is 5.04. The van der Waals surface area contributed by atoms with Crippen molar-refractivity contribution in [3.8, 4) is 22.8 Å². The van der Waals surface area contributed by atoms with E-state index in [2.05, 4.69) is 10.3 Å². The predicted molar refractivity (Wildman–Crippen MR) is 156 cm³/mol. The first-order chi connectivity index (χ1) is 19.8. The van der Waals surface area contributed by atoms with Crippen molar-refractivity contribution in [3.63, 3.8) is 0 Å². The van der Waals surface area contributed by atoms with E-state index < -0.39 is 22.0 Å². The molecule has 1 fully saturated rings. The van der Waals surface area contributed by atoms with Crippen LogP contribution >= 0.6 is 11.3 Å². The first-order valence-corrected chi connectivity index (χ1v) is 15.3. The van der Waals surface area contributed by atoms with E-state index in [0.29, 0.717) is 22.1 Å². The maximum absolute atomic E-state index is 13.1. The summed E-state index contributed by atoms with van der Waals surface area (Å²) in [5.74, 6) is 1.05. The number of nitrogens with zero attached hydrogens (tertiary/aromatic N) is 3. The van der Waals surface area contributed by atoms with E-state index >= 15 is 0 Å². The largest absolute Gasteiger partial charge is 0.457 e. The maximum Gasteiger partial charge on any atom is 0.409 e. The molecule has 2 amide bonds. The van der Waals surface area contributed by atoms with Crippen LogP contribution in [0.5, 0.6) is 11.5 Å². The molecule has 12 heteroatoms. The molecule has 1 saturated heterocycles. The molecular formula is C29H28N4O6S2. The number of hydrogen-bond acceptors (Lipinski definition) is 8. The van der Waals surface area contributed by atoms with Gasteiger partial charge in [-0.25, -0.2) is 18.2 Å². The summed E-state index contributed by atoms with van der Waals surface area (Å²) < 4.78 is 38.3. The Morgan fingerprint density at radius 3 is 2.22 bits per heavy atom. The van der Waals surface area contributed by atoms with Gasteiger partial charge in [0.1, 0.15) is 11.5 Å². The van der Waals surface area contributed by atoms with Crippen LogP contribution in [0.2, 0.25) is 0 Å². The van der Waals surface area contributed by atoms with Gasteiger partial charge in [-0.15, -0.1) is 11.3 Å².